The number of nitrogens with one attached hydrogen (secondary N) is 1. The van der Waals surface area contributed by atoms with Crippen LogP contribution in [0.2, 0.25) is 0 Å². The molecule has 0 aliphatic carbocycles. The zero-order valence-electron chi connectivity index (χ0n) is 17.0. The molecule has 1 unspecified atom stereocenters. The topological polar surface area (TPSA) is 55.7 Å². The maximum atomic E-state index is 14.1. The molecular weight excluding hydrogens is 463 g/mol. The highest BCUT2D eigenvalue weighted by atomic mass is 32.2. The summed E-state index contributed by atoms with van der Waals surface area (Å²) in [5.41, 5.74) is 0.769. The van der Waals surface area contributed by atoms with Gasteiger partial charge in [0.05, 0.1) is 12.6 Å². The number of halogens is 5. The average Bonchev–Trinajstić information content (AvgIpc) is 3.57. The van der Waals surface area contributed by atoms with Crippen molar-refractivity contribution < 1.29 is 26.7 Å². The first kappa shape index (κ1) is 21.9. The minimum absolute atomic E-state index is 0.0986. The van der Waals surface area contributed by atoms with E-state index >= 15 is 0 Å². The third-order valence-electron chi connectivity index (χ3n) is 5.60. The normalized spacial score (nSPS) is 16.2. The van der Waals surface area contributed by atoms with Crippen molar-refractivity contribution in [1.82, 2.24) is 19.7 Å². The molecule has 0 saturated carbocycles. The molecule has 0 bridgehead atoms. The minimum Gasteiger partial charge on any atom is -0.376 e. The van der Waals surface area contributed by atoms with Crippen LogP contribution in [0.15, 0.2) is 35.6 Å². The lowest BCUT2D eigenvalue weighted by atomic mass is 10.1. The van der Waals surface area contributed by atoms with Crippen molar-refractivity contribution >= 4 is 22.7 Å². The fourth-order valence-electron chi connectivity index (χ4n) is 3.92. The largest absolute Gasteiger partial charge is 0.376 e. The van der Waals surface area contributed by atoms with Crippen LogP contribution in [0.5, 0.6) is 0 Å². The van der Waals surface area contributed by atoms with Crippen LogP contribution in [0, 0.1) is 29.1 Å². The lowest BCUT2D eigenvalue weighted by Gasteiger charge is -2.15. The van der Waals surface area contributed by atoms with Gasteiger partial charge in [0.1, 0.15) is 0 Å². The van der Waals surface area contributed by atoms with Crippen LogP contribution in [0.3, 0.4) is 0 Å². The smallest absolute Gasteiger partial charge is 0.200 e. The number of ether oxygens (including phenoxy) is 1. The van der Waals surface area contributed by atoms with E-state index < -0.39 is 40.4 Å². The molecule has 4 aromatic rings. The maximum absolute atomic E-state index is 14.1. The van der Waals surface area contributed by atoms with E-state index in [2.05, 4.69) is 15.2 Å². The van der Waals surface area contributed by atoms with Gasteiger partial charge in [-0.2, -0.15) is 0 Å². The van der Waals surface area contributed by atoms with E-state index in [9.17, 15) is 22.0 Å². The third kappa shape index (κ3) is 3.89. The highest BCUT2D eigenvalue weighted by Crippen LogP contribution is 2.34. The van der Waals surface area contributed by atoms with Crippen LogP contribution in [0.1, 0.15) is 18.4 Å². The van der Waals surface area contributed by atoms with Crippen LogP contribution >= 0.6 is 11.8 Å². The molecule has 2 aromatic carbocycles. The van der Waals surface area contributed by atoms with Gasteiger partial charge in [-0.3, -0.25) is 4.57 Å². The number of nitrogens with zero attached hydrogens (tertiary/aromatic N) is 3. The van der Waals surface area contributed by atoms with Gasteiger partial charge in [0, 0.05) is 40.6 Å². The maximum Gasteiger partial charge on any atom is 0.200 e. The zero-order valence-corrected chi connectivity index (χ0v) is 17.9. The highest BCUT2D eigenvalue weighted by molar-refractivity contribution is 7.98. The Morgan fingerprint density at radius 3 is 2.45 bits per heavy atom. The Morgan fingerprint density at radius 1 is 1.00 bits per heavy atom. The molecule has 5 nitrogen and oxygen atoms in total. The summed E-state index contributed by atoms with van der Waals surface area (Å²) in [5, 5.41) is 9.63. The molecule has 1 N–H and O–H groups in total. The number of aromatic amines is 1. The second kappa shape index (κ2) is 8.79. The Labute approximate surface area is 189 Å². The van der Waals surface area contributed by atoms with Gasteiger partial charge in [-0.25, -0.2) is 22.0 Å². The van der Waals surface area contributed by atoms with Crippen molar-refractivity contribution in [3.63, 3.8) is 0 Å². The fourth-order valence-corrected chi connectivity index (χ4v) is 4.86. The van der Waals surface area contributed by atoms with Gasteiger partial charge in [0.2, 0.25) is 5.82 Å². The van der Waals surface area contributed by atoms with Gasteiger partial charge in [-0.1, -0.05) is 30.0 Å². The predicted molar refractivity (Wildman–Crippen MR) is 112 cm³/mol. The van der Waals surface area contributed by atoms with Gasteiger partial charge >= 0.3 is 0 Å². The highest BCUT2D eigenvalue weighted by Gasteiger charge is 2.27. The first-order valence-electron chi connectivity index (χ1n) is 10.2. The van der Waals surface area contributed by atoms with Crippen molar-refractivity contribution in [3.8, 4) is 11.4 Å². The van der Waals surface area contributed by atoms with Crippen molar-refractivity contribution in [2.45, 2.75) is 36.4 Å². The van der Waals surface area contributed by atoms with Gasteiger partial charge in [0.25, 0.3) is 0 Å². The lowest BCUT2D eigenvalue weighted by Crippen LogP contribution is -2.16. The number of rotatable bonds is 6. The summed E-state index contributed by atoms with van der Waals surface area (Å²) >= 11 is 0.846. The number of fused-ring (bicyclic) bond motifs is 1. The van der Waals surface area contributed by atoms with Gasteiger partial charge in [-0.15, -0.1) is 10.2 Å². The molecule has 0 radical (unpaired) electrons. The van der Waals surface area contributed by atoms with E-state index in [0.717, 1.165) is 41.1 Å². The van der Waals surface area contributed by atoms with E-state index in [1.807, 2.05) is 24.3 Å². The molecule has 11 heteroatoms. The van der Waals surface area contributed by atoms with Crippen LogP contribution in [0.25, 0.3) is 22.3 Å². The molecule has 1 atom stereocenters. The first-order valence-corrected chi connectivity index (χ1v) is 11.2. The molecule has 1 saturated heterocycles. The monoisotopic (exact) mass is 480 g/mol. The predicted octanol–water partition coefficient (Wildman–Crippen LogP) is 5.59. The Morgan fingerprint density at radius 2 is 1.73 bits per heavy atom. The SMILES string of the molecule is Fc1c(F)c(F)c(CSc2nnc(-c3c[nH]c4ccccc34)n2CC2CCCO2)c(F)c1F. The molecular formula is C22H17F5N4OS. The van der Waals surface area contributed by atoms with Gasteiger partial charge < -0.3 is 9.72 Å². The van der Waals surface area contributed by atoms with Crippen LogP contribution < -0.4 is 0 Å². The molecule has 1 fully saturated rings. The number of hydrogen-bond acceptors (Lipinski definition) is 4. The number of H-pyrrole nitrogens is 1. The lowest BCUT2D eigenvalue weighted by molar-refractivity contribution is 0.0953. The average molecular weight is 480 g/mol. The summed E-state index contributed by atoms with van der Waals surface area (Å²) in [6, 6.07) is 7.62. The summed E-state index contributed by atoms with van der Waals surface area (Å²) in [4.78, 5) is 3.17. The molecule has 3 heterocycles. The molecule has 1 aliphatic rings. The molecule has 33 heavy (non-hydrogen) atoms. The molecule has 1 aliphatic heterocycles. The fraction of sp³-hybridized carbons (Fsp3) is 0.273. The van der Waals surface area contributed by atoms with Crippen molar-refractivity contribution in [2.75, 3.05) is 6.61 Å². The summed E-state index contributed by atoms with van der Waals surface area (Å²) in [5.74, 6) is -9.80. The molecule has 5 rings (SSSR count). The Kier molecular flexibility index (Phi) is 5.83. The molecule has 0 amide bonds. The third-order valence-corrected chi connectivity index (χ3v) is 6.60. The van der Waals surface area contributed by atoms with E-state index in [-0.39, 0.29) is 11.3 Å². The van der Waals surface area contributed by atoms with Gasteiger partial charge in [0.15, 0.2) is 34.2 Å². The Hall–Kier alpha value is -2.92. The summed E-state index contributed by atoms with van der Waals surface area (Å²) in [6.45, 7) is 1.02. The molecule has 172 valence electrons. The number of thioether (sulfide) groups is 1. The first-order chi connectivity index (χ1) is 16.0. The van der Waals surface area contributed by atoms with Crippen LogP contribution in [-0.4, -0.2) is 32.5 Å². The number of hydrogen-bond donors (Lipinski definition) is 1. The minimum atomic E-state index is -2.18. The summed E-state index contributed by atoms with van der Waals surface area (Å²) < 4.78 is 76.3. The Bertz CT molecular complexity index is 1300. The van der Waals surface area contributed by atoms with E-state index in [1.54, 1.807) is 10.8 Å². The number of benzene rings is 2. The van der Waals surface area contributed by atoms with Gasteiger partial charge in [-0.05, 0) is 18.9 Å². The quantitative estimate of drug-likeness (QED) is 0.169. The van der Waals surface area contributed by atoms with E-state index in [0.29, 0.717) is 19.0 Å². The number of para-hydroxylation sites is 1. The van der Waals surface area contributed by atoms with Crippen molar-refractivity contribution in [3.05, 3.63) is 65.1 Å². The van der Waals surface area contributed by atoms with Crippen molar-refractivity contribution in [1.29, 1.82) is 0 Å². The Balaban J connectivity index is 1.52. The van der Waals surface area contributed by atoms with Crippen molar-refractivity contribution in [2.24, 2.45) is 0 Å². The van der Waals surface area contributed by atoms with E-state index in [1.165, 1.54) is 0 Å². The summed E-state index contributed by atoms with van der Waals surface area (Å²) in [7, 11) is 0. The second-order valence-corrected chi connectivity index (χ2v) is 8.58. The molecule has 2 aromatic heterocycles. The molecule has 0 spiro atoms. The van der Waals surface area contributed by atoms with E-state index in [4.69, 9.17) is 4.74 Å². The second-order valence-electron chi connectivity index (χ2n) is 7.64. The number of aromatic nitrogens is 4. The van der Waals surface area contributed by atoms with Crippen LogP contribution in [-0.2, 0) is 17.0 Å². The zero-order chi connectivity index (χ0) is 23.1. The summed E-state index contributed by atoms with van der Waals surface area (Å²) in [6.07, 6.45) is 3.42. The van der Waals surface area contributed by atoms with Crippen LogP contribution in [0.4, 0.5) is 22.0 Å². The standard InChI is InChI=1S/C22H17F5N4OS/c23-16-14(17(24)19(26)20(27)18(16)25)10-33-22-30-29-21(31(22)9-11-4-3-7-32-11)13-8-28-15-6-2-1-5-12(13)15/h1-2,5-6,8,11,28H,3-4,7,9-10H2.